The molecule has 0 saturated carbocycles. The Labute approximate surface area is 179 Å². The highest BCUT2D eigenvalue weighted by Crippen LogP contribution is 2.35. The SMILES string of the molecule is C[Si](C)(CNc1ncnc2c1nc(Cl)n2C1OC(CO)C(O)C1O)c1ccccc1. The number of hydrogen-bond donors (Lipinski definition) is 4. The molecular formula is C19H24ClN5O4Si. The molecule has 30 heavy (non-hydrogen) atoms. The van der Waals surface area contributed by atoms with Gasteiger partial charge >= 0.3 is 0 Å². The lowest BCUT2D eigenvalue weighted by Gasteiger charge is -2.23. The molecule has 4 atom stereocenters. The second-order valence-electron chi connectivity index (χ2n) is 7.98. The highest BCUT2D eigenvalue weighted by molar-refractivity contribution is 6.90. The summed E-state index contributed by atoms with van der Waals surface area (Å²) in [6.45, 7) is 4.09. The van der Waals surface area contributed by atoms with Gasteiger partial charge in [0.15, 0.2) is 23.2 Å². The molecule has 9 nitrogen and oxygen atoms in total. The number of nitrogens with zero attached hydrogens (tertiary/aromatic N) is 4. The lowest BCUT2D eigenvalue weighted by Crippen LogP contribution is -2.48. The van der Waals surface area contributed by atoms with E-state index in [9.17, 15) is 15.3 Å². The Morgan fingerprint density at radius 2 is 1.90 bits per heavy atom. The Balaban J connectivity index is 1.64. The van der Waals surface area contributed by atoms with Gasteiger partial charge in [0.2, 0.25) is 5.28 Å². The van der Waals surface area contributed by atoms with Crippen LogP contribution in [0.4, 0.5) is 5.82 Å². The lowest BCUT2D eigenvalue weighted by molar-refractivity contribution is -0.0509. The zero-order chi connectivity index (χ0) is 21.5. The van der Waals surface area contributed by atoms with Crippen molar-refractivity contribution in [3.63, 3.8) is 0 Å². The molecule has 1 aliphatic heterocycles. The molecule has 1 aromatic carbocycles. The van der Waals surface area contributed by atoms with Gasteiger partial charge in [-0.15, -0.1) is 0 Å². The number of anilines is 1. The first-order valence-electron chi connectivity index (χ1n) is 9.64. The molecule has 0 radical (unpaired) electrons. The molecule has 0 aliphatic carbocycles. The second kappa shape index (κ2) is 8.21. The number of aliphatic hydroxyl groups excluding tert-OH is 3. The number of nitrogens with one attached hydrogen (secondary N) is 1. The van der Waals surface area contributed by atoms with Crippen LogP contribution in [0, 0.1) is 0 Å². The van der Waals surface area contributed by atoms with E-state index in [0.717, 1.165) is 6.17 Å². The fourth-order valence-corrected chi connectivity index (χ4v) is 5.80. The maximum atomic E-state index is 10.4. The number of fused-ring (bicyclic) bond motifs is 1. The minimum atomic E-state index is -1.78. The van der Waals surface area contributed by atoms with Crippen molar-refractivity contribution in [1.29, 1.82) is 0 Å². The summed E-state index contributed by atoms with van der Waals surface area (Å²) < 4.78 is 7.00. The summed E-state index contributed by atoms with van der Waals surface area (Å²) >= 11 is 6.34. The Kier molecular flexibility index (Phi) is 5.79. The molecule has 160 valence electrons. The minimum Gasteiger partial charge on any atom is -0.394 e. The van der Waals surface area contributed by atoms with Crippen LogP contribution in [0.5, 0.6) is 0 Å². The van der Waals surface area contributed by atoms with Crippen molar-refractivity contribution in [2.24, 2.45) is 0 Å². The van der Waals surface area contributed by atoms with Crippen LogP contribution in [0.2, 0.25) is 18.4 Å². The topological polar surface area (TPSA) is 126 Å². The highest BCUT2D eigenvalue weighted by Gasteiger charge is 2.45. The first kappa shape index (κ1) is 21.2. The molecule has 4 N–H and O–H groups in total. The number of halogens is 1. The molecule has 11 heteroatoms. The number of ether oxygens (including phenoxy) is 1. The molecule has 3 aromatic rings. The predicted octanol–water partition coefficient (Wildman–Crippen LogP) is 0.658. The quantitative estimate of drug-likeness (QED) is 0.319. The van der Waals surface area contributed by atoms with E-state index in [1.54, 1.807) is 0 Å². The molecule has 0 spiro atoms. The smallest absolute Gasteiger partial charge is 0.207 e. The molecule has 0 amide bonds. The van der Waals surface area contributed by atoms with E-state index in [1.807, 2.05) is 18.2 Å². The maximum absolute atomic E-state index is 10.4. The van der Waals surface area contributed by atoms with Crippen LogP contribution in [0.15, 0.2) is 36.7 Å². The molecule has 0 bridgehead atoms. The molecule has 2 aromatic heterocycles. The van der Waals surface area contributed by atoms with E-state index in [1.165, 1.54) is 16.1 Å². The van der Waals surface area contributed by atoms with Crippen molar-refractivity contribution in [2.45, 2.75) is 37.6 Å². The van der Waals surface area contributed by atoms with Gasteiger partial charge in [-0.25, -0.2) is 15.0 Å². The third-order valence-electron chi connectivity index (χ3n) is 5.46. The summed E-state index contributed by atoms with van der Waals surface area (Å²) in [7, 11) is -1.78. The van der Waals surface area contributed by atoms with Crippen LogP contribution in [0.3, 0.4) is 0 Å². The largest absolute Gasteiger partial charge is 0.394 e. The fraction of sp³-hybridized carbons (Fsp3) is 0.421. The first-order valence-corrected chi connectivity index (χ1v) is 13.2. The van der Waals surface area contributed by atoms with Crippen molar-refractivity contribution in [3.05, 3.63) is 41.9 Å². The molecule has 3 heterocycles. The summed E-state index contributed by atoms with van der Waals surface area (Å²) in [5.74, 6) is 0.531. The summed E-state index contributed by atoms with van der Waals surface area (Å²) in [5.41, 5.74) is 0.810. The molecule has 1 aliphatic rings. The van der Waals surface area contributed by atoms with Gasteiger partial charge in [0.1, 0.15) is 32.7 Å². The van der Waals surface area contributed by atoms with E-state index >= 15 is 0 Å². The van der Waals surface area contributed by atoms with Crippen LogP contribution in [0.1, 0.15) is 6.23 Å². The third-order valence-corrected chi connectivity index (χ3v) is 8.68. The van der Waals surface area contributed by atoms with Crippen molar-refractivity contribution in [2.75, 3.05) is 18.1 Å². The van der Waals surface area contributed by atoms with Gasteiger partial charge in [0.25, 0.3) is 0 Å². The van der Waals surface area contributed by atoms with Gasteiger partial charge in [0, 0.05) is 6.17 Å². The summed E-state index contributed by atoms with van der Waals surface area (Å²) in [6, 6.07) is 10.3. The lowest BCUT2D eigenvalue weighted by atomic mass is 10.1. The Morgan fingerprint density at radius 3 is 2.57 bits per heavy atom. The van der Waals surface area contributed by atoms with E-state index in [4.69, 9.17) is 16.3 Å². The molecule has 4 rings (SSSR count). The predicted molar refractivity (Wildman–Crippen MR) is 115 cm³/mol. The van der Waals surface area contributed by atoms with Gasteiger partial charge in [-0.1, -0.05) is 48.6 Å². The van der Waals surface area contributed by atoms with E-state index in [0.29, 0.717) is 17.0 Å². The van der Waals surface area contributed by atoms with Crippen LogP contribution < -0.4 is 10.5 Å². The zero-order valence-electron chi connectivity index (χ0n) is 16.6. The highest BCUT2D eigenvalue weighted by atomic mass is 35.5. The number of aliphatic hydroxyl groups is 3. The van der Waals surface area contributed by atoms with Crippen LogP contribution in [-0.4, -0.2) is 74.0 Å². The number of rotatable bonds is 6. The van der Waals surface area contributed by atoms with Crippen molar-refractivity contribution < 1.29 is 20.1 Å². The van der Waals surface area contributed by atoms with Gasteiger partial charge < -0.3 is 25.4 Å². The van der Waals surface area contributed by atoms with Crippen molar-refractivity contribution in [1.82, 2.24) is 19.5 Å². The Morgan fingerprint density at radius 1 is 1.17 bits per heavy atom. The number of hydrogen-bond acceptors (Lipinski definition) is 8. The van der Waals surface area contributed by atoms with Crippen molar-refractivity contribution in [3.8, 4) is 0 Å². The third kappa shape index (κ3) is 3.70. The van der Waals surface area contributed by atoms with Crippen LogP contribution in [0.25, 0.3) is 11.2 Å². The normalized spacial score (nSPS) is 24.5. The van der Waals surface area contributed by atoms with E-state index in [2.05, 4.69) is 45.5 Å². The molecular weight excluding hydrogens is 426 g/mol. The minimum absolute atomic E-state index is 0.0444. The van der Waals surface area contributed by atoms with E-state index in [-0.39, 0.29) is 5.28 Å². The average molecular weight is 450 g/mol. The summed E-state index contributed by atoms with van der Waals surface area (Å²) in [6.07, 6.45) is -2.36. The standard InChI is InChI=1S/C19H24ClN5O4Si/c1-30(2,11-6-4-3-5-7-11)10-23-16-13-17(22-9-21-16)25(19(20)24-13)18-15(28)14(27)12(8-26)29-18/h3-7,9,12,14-15,18,26-28H,8,10H2,1-2H3,(H,21,22,23). The maximum Gasteiger partial charge on any atom is 0.207 e. The number of aromatic nitrogens is 4. The molecule has 4 unspecified atom stereocenters. The Bertz CT molecular complexity index is 1030. The fourth-order valence-electron chi connectivity index (χ4n) is 3.63. The number of imidazole rings is 1. The van der Waals surface area contributed by atoms with Gasteiger partial charge in [0.05, 0.1) is 6.61 Å². The average Bonchev–Trinajstić information content (AvgIpc) is 3.23. The molecule has 1 fully saturated rings. The number of benzene rings is 1. The second-order valence-corrected chi connectivity index (χ2v) is 13.0. The van der Waals surface area contributed by atoms with Gasteiger partial charge in [-0.2, -0.15) is 0 Å². The summed E-state index contributed by atoms with van der Waals surface area (Å²) in [4.78, 5) is 12.9. The Hall–Kier alpha value is -2.08. The van der Waals surface area contributed by atoms with Gasteiger partial charge in [-0.3, -0.25) is 4.57 Å². The van der Waals surface area contributed by atoms with Crippen LogP contribution in [-0.2, 0) is 4.74 Å². The van der Waals surface area contributed by atoms with E-state index < -0.39 is 39.2 Å². The summed E-state index contributed by atoms with van der Waals surface area (Å²) in [5, 5.41) is 34.5. The van der Waals surface area contributed by atoms with Gasteiger partial charge in [-0.05, 0) is 11.6 Å². The molecule has 1 saturated heterocycles. The monoisotopic (exact) mass is 449 g/mol. The zero-order valence-corrected chi connectivity index (χ0v) is 18.4. The first-order chi connectivity index (χ1) is 14.3. The van der Waals surface area contributed by atoms with Crippen LogP contribution >= 0.6 is 11.6 Å². The van der Waals surface area contributed by atoms with Crippen molar-refractivity contribution >= 4 is 41.8 Å².